The molecule has 0 saturated carbocycles. The van der Waals surface area contributed by atoms with Crippen LogP contribution in [0.5, 0.6) is 0 Å². The van der Waals surface area contributed by atoms with E-state index in [2.05, 4.69) is 10.3 Å². The molecule has 0 atom stereocenters. The van der Waals surface area contributed by atoms with Crippen LogP contribution in [0, 0.1) is 5.82 Å². The van der Waals surface area contributed by atoms with Crippen LogP contribution in [-0.4, -0.2) is 30.1 Å². The molecule has 1 amide bonds. The summed E-state index contributed by atoms with van der Waals surface area (Å²) in [5.74, 6) is -0.834. The first-order valence-electron chi connectivity index (χ1n) is 7.18. The maximum absolute atomic E-state index is 14.2. The topological polar surface area (TPSA) is 81.1 Å². The standard InChI is InChI=1S/C16H14FN3O3S2/c1-25(22,23)12-7-15(24-9-12)16(21)19-8-11-2-3-14(13(17)6-11)20-5-4-18-10-20/h2-7,9-10H,8H2,1H3,(H,19,21). The second-order valence-electron chi connectivity index (χ2n) is 5.36. The van der Waals surface area contributed by atoms with E-state index in [4.69, 9.17) is 0 Å². The summed E-state index contributed by atoms with van der Waals surface area (Å²) in [6.45, 7) is 0.131. The van der Waals surface area contributed by atoms with Gasteiger partial charge in [0, 0.05) is 30.6 Å². The van der Waals surface area contributed by atoms with Gasteiger partial charge in [-0.2, -0.15) is 0 Å². The molecule has 0 fully saturated rings. The lowest BCUT2D eigenvalue weighted by atomic mass is 10.2. The number of nitrogens with zero attached hydrogens (tertiary/aromatic N) is 2. The zero-order valence-corrected chi connectivity index (χ0v) is 14.8. The van der Waals surface area contributed by atoms with Crippen LogP contribution < -0.4 is 5.32 Å². The third-order valence-electron chi connectivity index (χ3n) is 3.48. The third-order valence-corrected chi connectivity index (χ3v) is 5.65. The first-order valence-corrected chi connectivity index (χ1v) is 9.95. The Morgan fingerprint density at radius 1 is 1.36 bits per heavy atom. The van der Waals surface area contributed by atoms with E-state index in [-0.39, 0.29) is 16.3 Å². The summed E-state index contributed by atoms with van der Waals surface area (Å²) in [4.78, 5) is 16.4. The van der Waals surface area contributed by atoms with Crippen LogP contribution in [0.3, 0.4) is 0 Å². The van der Waals surface area contributed by atoms with Gasteiger partial charge in [-0.3, -0.25) is 4.79 Å². The molecule has 130 valence electrons. The molecular formula is C16H14FN3O3S2. The highest BCUT2D eigenvalue weighted by Crippen LogP contribution is 2.19. The quantitative estimate of drug-likeness (QED) is 0.738. The van der Waals surface area contributed by atoms with Crippen LogP contribution in [0.2, 0.25) is 0 Å². The molecule has 0 aliphatic heterocycles. The van der Waals surface area contributed by atoms with Crippen molar-refractivity contribution in [3.05, 3.63) is 64.6 Å². The van der Waals surface area contributed by atoms with Crippen LogP contribution in [0.25, 0.3) is 5.69 Å². The molecule has 2 heterocycles. The number of benzene rings is 1. The Kier molecular flexibility index (Phi) is 4.69. The van der Waals surface area contributed by atoms with Crippen molar-refractivity contribution in [3.63, 3.8) is 0 Å². The Morgan fingerprint density at radius 3 is 2.76 bits per heavy atom. The zero-order valence-electron chi connectivity index (χ0n) is 13.1. The van der Waals surface area contributed by atoms with Crippen molar-refractivity contribution in [2.75, 3.05) is 6.26 Å². The average Bonchev–Trinajstić information content (AvgIpc) is 3.23. The Morgan fingerprint density at radius 2 is 2.16 bits per heavy atom. The van der Waals surface area contributed by atoms with Crippen molar-refractivity contribution in [1.29, 1.82) is 0 Å². The van der Waals surface area contributed by atoms with Crippen LogP contribution in [-0.2, 0) is 16.4 Å². The van der Waals surface area contributed by atoms with Gasteiger partial charge in [-0.1, -0.05) is 6.07 Å². The van der Waals surface area contributed by atoms with Gasteiger partial charge in [0.05, 0.1) is 21.8 Å². The third kappa shape index (κ3) is 3.94. The number of thiophene rings is 1. The number of carbonyl (C=O) groups excluding carboxylic acids is 1. The van der Waals surface area contributed by atoms with Gasteiger partial charge in [-0.25, -0.2) is 17.8 Å². The van der Waals surface area contributed by atoms with E-state index >= 15 is 0 Å². The average molecular weight is 379 g/mol. The predicted octanol–water partition coefficient (Wildman–Crippen LogP) is 2.41. The zero-order chi connectivity index (χ0) is 18.0. The van der Waals surface area contributed by atoms with Crippen molar-refractivity contribution < 1.29 is 17.6 Å². The van der Waals surface area contributed by atoms with Gasteiger partial charge in [0.25, 0.3) is 5.91 Å². The minimum atomic E-state index is -3.34. The van der Waals surface area contributed by atoms with Gasteiger partial charge < -0.3 is 9.88 Å². The van der Waals surface area contributed by atoms with Crippen molar-refractivity contribution >= 4 is 27.1 Å². The summed E-state index contributed by atoms with van der Waals surface area (Å²) in [7, 11) is -3.34. The molecule has 0 radical (unpaired) electrons. The number of amides is 1. The molecular weight excluding hydrogens is 365 g/mol. The summed E-state index contributed by atoms with van der Waals surface area (Å²) in [5.41, 5.74) is 0.957. The minimum Gasteiger partial charge on any atom is -0.347 e. The number of hydrogen-bond acceptors (Lipinski definition) is 5. The number of hydrogen-bond donors (Lipinski definition) is 1. The molecule has 25 heavy (non-hydrogen) atoms. The lowest BCUT2D eigenvalue weighted by Crippen LogP contribution is -2.22. The number of carbonyl (C=O) groups is 1. The lowest BCUT2D eigenvalue weighted by molar-refractivity contribution is 0.0955. The monoisotopic (exact) mass is 379 g/mol. The number of halogens is 1. The Labute approximate surface area is 147 Å². The number of nitrogens with one attached hydrogen (secondary N) is 1. The summed E-state index contributed by atoms with van der Waals surface area (Å²) < 4.78 is 38.6. The van der Waals surface area contributed by atoms with Gasteiger partial charge in [0.1, 0.15) is 5.82 Å². The molecule has 0 unspecified atom stereocenters. The number of sulfone groups is 1. The second kappa shape index (κ2) is 6.77. The fourth-order valence-electron chi connectivity index (χ4n) is 2.17. The summed E-state index contributed by atoms with van der Waals surface area (Å²) in [5, 5.41) is 4.07. The maximum Gasteiger partial charge on any atom is 0.261 e. The molecule has 0 aliphatic rings. The highest BCUT2D eigenvalue weighted by atomic mass is 32.2. The largest absolute Gasteiger partial charge is 0.347 e. The van der Waals surface area contributed by atoms with Crippen LogP contribution in [0.1, 0.15) is 15.2 Å². The summed E-state index contributed by atoms with van der Waals surface area (Å²) in [6, 6.07) is 5.98. The fraction of sp³-hybridized carbons (Fsp3) is 0.125. The molecule has 0 spiro atoms. The van der Waals surface area contributed by atoms with Crippen molar-refractivity contribution in [3.8, 4) is 5.69 Å². The molecule has 0 aliphatic carbocycles. The molecule has 0 bridgehead atoms. The highest BCUT2D eigenvalue weighted by Gasteiger charge is 2.15. The van der Waals surface area contributed by atoms with Crippen molar-refractivity contribution in [1.82, 2.24) is 14.9 Å². The van der Waals surface area contributed by atoms with Crippen LogP contribution in [0.4, 0.5) is 4.39 Å². The van der Waals surface area contributed by atoms with Gasteiger partial charge in [-0.05, 0) is 23.8 Å². The summed E-state index contributed by atoms with van der Waals surface area (Å²) >= 11 is 1.05. The second-order valence-corrected chi connectivity index (χ2v) is 8.28. The van der Waals surface area contributed by atoms with E-state index in [0.717, 1.165) is 17.6 Å². The smallest absolute Gasteiger partial charge is 0.261 e. The molecule has 1 N–H and O–H groups in total. The van der Waals surface area contributed by atoms with Crippen LogP contribution in [0.15, 0.2) is 53.3 Å². The SMILES string of the molecule is CS(=O)(=O)c1csc(C(=O)NCc2ccc(-n3ccnc3)c(F)c2)c1. The van der Waals surface area contributed by atoms with Gasteiger partial charge in [0.15, 0.2) is 9.84 Å². The van der Waals surface area contributed by atoms with Gasteiger partial charge in [0.2, 0.25) is 0 Å². The molecule has 1 aromatic carbocycles. The van der Waals surface area contributed by atoms with E-state index in [1.807, 2.05) is 0 Å². The normalized spacial score (nSPS) is 11.4. The van der Waals surface area contributed by atoms with Gasteiger partial charge in [-0.15, -0.1) is 11.3 Å². The molecule has 3 aromatic rings. The molecule has 6 nitrogen and oxygen atoms in total. The molecule has 3 rings (SSSR count). The maximum atomic E-state index is 14.2. The molecule has 2 aromatic heterocycles. The number of rotatable bonds is 5. The highest BCUT2D eigenvalue weighted by molar-refractivity contribution is 7.90. The Bertz CT molecular complexity index is 1010. The predicted molar refractivity (Wildman–Crippen MR) is 92.1 cm³/mol. The molecule has 0 saturated heterocycles. The lowest BCUT2D eigenvalue weighted by Gasteiger charge is -2.08. The van der Waals surface area contributed by atoms with Gasteiger partial charge >= 0.3 is 0 Å². The van der Waals surface area contributed by atoms with Crippen molar-refractivity contribution in [2.24, 2.45) is 0 Å². The first-order chi connectivity index (χ1) is 11.8. The Hall–Kier alpha value is -2.52. The summed E-state index contributed by atoms with van der Waals surface area (Å²) in [6.07, 6.45) is 5.77. The van der Waals surface area contributed by atoms with Crippen molar-refractivity contribution in [2.45, 2.75) is 11.4 Å². The molecule has 9 heteroatoms. The van der Waals surface area contributed by atoms with E-state index in [1.54, 1.807) is 29.1 Å². The fourth-order valence-corrected chi connectivity index (χ4v) is 4.11. The van der Waals surface area contributed by atoms with E-state index < -0.39 is 21.6 Å². The van der Waals surface area contributed by atoms with E-state index in [9.17, 15) is 17.6 Å². The first kappa shape index (κ1) is 17.3. The van der Waals surface area contributed by atoms with Crippen LogP contribution >= 0.6 is 11.3 Å². The van der Waals surface area contributed by atoms with E-state index in [0.29, 0.717) is 11.3 Å². The Balaban J connectivity index is 1.68. The van der Waals surface area contributed by atoms with E-state index in [1.165, 1.54) is 23.8 Å². The minimum absolute atomic E-state index is 0.110. The number of aromatic nitrogens is 2. The number of imidazole rings is 1.